The van der Waals surface area contributed by atoms with Gasteiger partial charge in [-0.25, -0.2) is 4.39 Å². The molecule has 0 bridgehead atoms. The lowest BCUT2D eigenvalue weighted by Crippen LogP contribution is -2.06. The molecule has 1 aromatic carbocycles. The molecule has 18 heavy (non-hydrogen) atoms. The molecule has 1 heterocycles. The summed E-state index contributed by atoms with van der Waals surface area (Å²) < 4.78 is 14.4. The molecule has 92 valence electrons. The summed E-state index contributed by atoms with van der Waals surface area (Å²) >= 11 is 8.89. The highest BCUT2D eigenvalue weighted by molar-refractivity contribution is 9.10. The summed E-state index contributed by atoms with van der Waals surface area (Å²) in [6, 6.07) is 6.26. The minimum atomic E-state index is -0.546. The number of benzene rings is 1. The molecule has 0 unspecified atom stereocenters. The molecule has 0 aliphatic heterocycles. The largest absolute Gasteiger partial charge is 0.294 e. The van der Waals surface area contributed by atoms with Gasteiger partial charge >= 0.3 is 0 Å². The van der Waals surface area contributed by atoms with Crippen molar-refractivity contribution in [2.45, 2.75) is 6.42 Å². The summed E-state index contributed by atoms with van der Waals surface area (Å²) in [6.07, 6.45) is 3.00. The van der Waals surface area contributed by atoms with Gasteiger partial charge in [0.1, 0.15) is 5.82 Å². The number of halogens is 3. The third-order valence-electron chi connectivity index (χ3n) is 2.41. The van der Waals surface area contributed by atoms with Gasteiger partial charge in [0.2, 0.25) is 0 Å². The highest BCUT2D eigenvalue weighted by Gasteiger charge is 2.12. The van der Waals surface area contributed by atoms with E-state index in [4.69, 9.17) is 11.6 Å². The van der Waals surface area contributed by atoms with Crippen LogP contribution in [-0.4, -0.2) is 10.8 Å². The van der Waals surface area contributed by atoms with Crippen LogP contribution in [-0.2, 0) is 6.42 Å². The van der Waals surface area contributed by atoms with Gasteiger partial charge in [-0.05, 0) is 33.6 Å². The number of ketones is 1. The summed E-state index contributed by atoms with van der Waals surface area (Å²) in [7, 11) is 0. The van der Waals surface area contributed by atoms with Gasteiger partial charge in [-0.2, -0.15) is 0 Å². The second-order valence-corrected chi connectivity index (χ2v) is 5.03. The van der Waals surface area contributed by atoms with E-state index in [0.29, 0.717) is 10.0 Å². The first kappa shape index (κ1) is 13.2. The molecule has 2 nitrogen and oxygen atoms in total. The van der Waals surface area contributed by atoms with Gasteiger partial charge in [0, 0.05) is 28.9 Å². The van der Waals surface area contributed by atoms with Crippen molar-refractivity contribution in [3.8, 4) is 0 Å². The zero-order chi connectivity index (χ0) is 13.1. The third kappa shape index (κ3) is 2.94. The minimum absolute atomic E-state index is 0.0210. The molecule has 2 rings (SSSR count). The van der Waals surface area contributed by atoms with Crippen molar-refractivity contribution in [2.75, 3.05) is 0 Å². The van der Waals surface area contributed by atoms with Crippen LogP contribution in [0.5, 0.6) is 0 Å². The molecule has 0 radical (unpaired) electrons. The van der Waals surface area contributed by atoms with Crippen LogP contribution in [0.1, 0.15) is 15.9 Å². The van der Waals surface area contributed by atoms with Crippen molar-refractivity contribution < 1.29 is 9.18 Å². The molecule has 0 atom stereocenters. The van der Waals surface area contributed by atoms with Crippen LogP contribution >= 0.6 is 27.5 Å². The van der Waals surface area contributed by atoms with Gasteiger partial charge in [0.15, 0.2) is 5.78 Å². The fourth-order valence-electron chi connectivity index (χ4n) is 1.52. The lowest BCUT2D eigenvalue weighted by Gasteiger charge is -2.04. The number of rotatable bonds is 3. The Morgan fingerprint density at radius 1 is 1.39 bits per heavy atom. The van der Waals surface area contributed by atoms with Crippen LogP contribution in [0.15, 0.2) is 41.1 Å². The minimum Gasteiger partial charge on any atom is -0.294 e. The van der Waals surface area contributed by atoms with Crippen LogP contribution in [0, 0.1) is 5.82 Å². The second-order valence-electron chi connectivity index (χ2n) is 3.70. The van der Waals surface area contributed by atoms with Crippen LogP contribution in [0.4, 0.5) is 4.39 Å². The Labute approximate surface area is 117 Å². The predicted octanol–water partition coefficient (Wildman–Crippen LogP) is 4.06. The van der Waals surface area contributed by atoms with E-state index in [9.17, 15) is 9.18 Å². The number of hydrogen-bond donors (Lipinski definition) is 0. The summed E-state index contributed by atoms with van der Waals surface area (Å²) in [5.41, 5.74) is 0.719. The highest BCUT2D eigenvalue weighted by atomic mass is 79.9. The Morgan fingerprint density at radius 2 is 2.17 bits per heavy atom. The molecule has 0 aliphatic rings. The molecular formula is C13H8BrClFNO. The van der Waals surface area contributed by atoms with E-state index in [0.717, 1.165) is 0 Å². The van der Waals surface area contributed by atoms with Crippen molar-refractivity contribution in [3.05, 3.63) is 63.1 Å². The van der Waals surface area contributed by atoms with E-state index in [1.807, 2.05) is 0 Å². The zero-order valence-electron chi connectivity index (χ0n) is 9.16. The molecule has 2 aromatic rings. The summed E-state index contributed by atoms with van der Waals surface area (Å²) in [4.78, 5) is 15.9. The first-order valence-electron chi connectivity index (χ1n) is 5.14. The van der Waals surface area contributed by atoms with Crippen LogP contribution in [0.3, 0.4) is 0 Å². The van der Waals surface area contributed by atoms with Gasteiger partial charge in [0.25, 0.3) is 0 Å². The van der Waals surface area contributed by atoms with Crippen molar-refractivity contribution >= 4 is 33.3 Å². The highest BCUT2D eigenvalue weighted by Crippen LogP contribution is 2.20. The third-order valence-corrected chi connectivity index (χ3v) is 3.14. The quantitative estimate of drug-likeness (QED) is 0.795. The number of Topliss-reactive ketones (excluding diaryl/α,β-unsaturated/α-hetero) is 1. The molecule has 5 heteroatoms. The second kappa shape index (κ2) is 5.59. The fraction of sp³-hybridized carbons (Fsp3) is 0.0769. The van der Waals surface area contributed by atoms with Gasteiger partial charge in [0.05, 0.1) is 5.02 Å². The van der Waals surface area contributed by atoms with E-state index >= 15 is 0 Å². The maximum absolute atomic E-state index is 13.6. The Balaban J connectivity index is 2.24. The first-order chi connectivity index (χ1) is 8.58. The lowest BCUT2D eigenvalue weighted by atomic mass is 10.0. The molecule has 0 spiro atoms. The van der Waals surface area contributed by atoms with E-state index in [-0.39, 0.29) is 22.8 Å². The number of carbonyl (C=O) groups excluding carboxylic acids is 1. The van der Waals surface area contributed by atoms with Crippen molar-refractivity contribution in [2.24, 2.45) is 0 Å². The number of pyridine rings is 1. The van der Waals surface area contributed by atoms with E-state index < -0.39 is 5.82 Å². The molecule has 0 saturated heterocycles. The van der Waals surface area contributed by atoms with Gasteiger partial charge < -0.3 is 0 Å². The van der Waals surface area contributed by atoms with E-state index in [1.54, 1.807) is 24.4 Å². The predicted molar refractivity (Wildman–Crippen MR) is 71.4 cm³/mol. The van der Waals surface area contributed by atoms with Gasteiger partial charge in [-0.3, -0.25) is 9.78 Å². The fourth-order valence-corrected chi connectivity index (χ4v) is 2.08. The van der Waals surface area contributed by atoms with Crippen molar-refractivity contribution in [1.29, 1.82) is 0 Å². The topological polar surface area (TPSA) is 30.0 Å². The number of hydrogen-bond acceptors (Lipinski definition) is 2. The van der Waals surface area contributed by atoms with Crippen LogP contribution in [0.25, 0.3) is 0 Å². The Hall–Kier alpha value is -1.26. The lowest BCUT2D eigenvalue weighted by molar-refractivity contribution is 0.0991. The number of aromatic nitrogens is 1. The van der Waals surface area contributed by atoms with Crippen LogP contribution < -0.4 is 0 Å². The normalized spacial score (nSPS) is 10.4. The number of carbonyl (C=O) groups is 1. The molecule has 0 N–H and O–H groups in total. The van der Waals surface area contributed by atoms with Crippen molar-refractivity contribution in [3.63, 3.8) is 0 Å². The molecule has 0 amide bonds. The molecule has 0 saturated carbocycles. The Kier molecular flexibility index (Phi) is 4.09. The van der Waals surface area contributed by atoms with Crippen LogP contribution in [0.2, 0.25) is 5.02 Å². The van der Waals surface area contributed by atoms with Gasteiger partial charge in [-0.1, -0.05) is 23.7 Å². The smallest absolute Gasteiger partial charge is 0.168 e. The monoisotopic (exact) mass is 327 g/mol. The van der Waals surface area contributed by atoms with E-state index in [1.165, 1.54) is 12.3 Å². The summed E-state index contributed by atoms with van der Waals surface area (Å²) in [5, 5.41) is 0.0210. The SMILES string of the molecule is O=C(Cc1cccc(Cl)c1F)c1cncc(Br)c1. The zero-order valence-corrected chi connectivity index (χ0v) is 11.5. The average Bonchev–Trinajstić information content (AvgIpc) is 2.35. The first-order valence-corrected chi connectivity index (χ1v) is 6.31. The van der Waals surface area contributed by atoms with E-state index in [2.05, 4.69) is 20.9 Å². The Morgan fingerprint density at radius 3 is 2.89 bits per heavy atom. The standard InChI is InChI=1S/C13H8BrClFNO/c14-10-4-9(6-17-7-10)12(18)5-8-2-1-3-11(15)13(8)16/h1-4,6-7H,5H2. The number of nitrogens with zero attached hydrogens (tertiary/aromatic N) is 1. The maximum atomic E-state index is 13.6. The Bertz CT molecular complexity index is 603. The molecule has 0 fully saturated rings. The van der Waals surface area contributed by atoms with Crippen molar-refractivity contribution in [1.82, 2.24) is 4.98 Å². The summed E-state index contributed by atoms with van der Waals surface area (Å²) in [6.45, 7) is 0. The maximum Gasteiger partial charge on any atom is 0.168 e. The van der Waals surface area contributed by atoms with Gasteiger partial charge in [-0.15, -0.1) is 0 Å². The molecular weight excluding hydrogens is 321 g/mol. The molecule has 0 aliphatic carbocycles. The average molecular weight is 329 g/mol. The summed E-state index contributed by atoms with van der Waals surface area (Å²) in [5.74, 6) is -0.750. The molecule has 1 aromatic heterocycles.